The molecule has 0 amide bonds. The fourth-order valence-electron chi connectivity index (χ4n) is 2.39. The highest BCUT2D eigenvalue weighted by atomic mass is 35.5. The summed E-state index contributed by atoms with van der Waals surface area (Å²) in [5, 5.41) is 0.811. The number of carbonyl (C=O) groups is 1. The van der Waals surface area contributed by atoms with E-state index in [1.807, 2.05) is 0 Å². The van der Waals surface area contributed by atoms with Crippen LogP contribution >= 0.6 is 11.6 Å². The van der Waals surface area contributed by atoms with Crippen LogP contribution in [-0.4, -0.2) is 12.4 Å². The Morgan fingerprint density at radius 2 is 1.96 bits per heavy atom. The Balaban J connectivity index is 2.18. The van der Waals surface area contributed by atoms with Crippen LogP contribution in [0, 0.1) is 5.82 Å². The molecule has 0 N–H and O–H groups in total. The lowest BCUT2D eigenvalue weighted by molar-refractivity contribution is -0.113. The molecule has 2 aromatic carbocycles. The van der Waals surface area contributed by atoms with Gasteiger partial charge in [-0.2, -0.15) is 0 Å². The zero-order chi connectivity index (χ0) is 17.3. The number of fused-ring (bicyclic) bond motifs is 1. The van der Waals surface area contributed by atoms with E-state index in [1.165, 1.54) is 30.3 Å². The molecule has 24 heavy (non-hydrogen) atoms. The highest BCUT2D eigenvalue weighted by Gasteiger charge is 2.13. The number of aldehydes is 1. The molecule has 122 valence electrons. The van der Waals surface area contributed by atoms with Gasteiger partial charge >= 0.3 is 5.63 Å². The highest BCUT2D eigenvalue weighted by Crippen LogP contribution is 2.34. The van der Waals surface area contributed by atoms with E-state index in [2.05, 4.69) is 0 Å². The van der Waals surface area contributed by atoms with Gasteiger partial charge in [-0.1, -0.05) is 11.6 Å². The number of benzene rings is 2. The van der Waals surface area contributed by atoms with Crippen molar-refractivity contribution in [3.05, 3.63) is 63.7 Å². The fourth-order valence-corrected chi connectivity index (χ4v) is 2.66. The van der Waals surface area contributed by atoms with Crippen molar-refractivity contribution in [2.24, 2.45) is 0 Å². The number of ether oxygens (including phenoxy) is 1. The first kappa shape index (κ1) is 16.2. The van der Waals surface area contributed by atoms with E-state index in [1.54, 1.807) is 19.1 Å². The Morgan fingerprint density at radius 1 is 1.17 bits per heavy atom. The van der Waals surface area contributed by atoms with E-state index >= 15 is 0 Å². The smallest absolute Gasteiger partial charge is 0.336 e. The molecular formula is C18H12ClFO4. The molecule has 4 nitrogen and oxygen atoms in total. The van der Waals surface area contributed by atoms with Gasteiger partial charge in [0.15, 0.2) is 12.4 Å². The van der Waals surface area contributed by atoms with Gasteiger partial charge in [-0.15, -0.1) is 0 Å². The molecule has 0 bridgehead atoms. The SMILES string of the molecule is C[C@H](C=O)Oc1ccc2c(-c3ccc(F)cc3Cl)cc(=O)oc2c1. The van der Waals surface area contributed by atoms with Crippen LogP contribution in [0.4, 0.5) is 4.39 Å². The second-order valence-corrected chi connectivity index (χ2v) is 5.63. The molecule has 3 rings (SSSR count). The second-order valence-electron chi connectivity index (χ2n) is 5.22. The Morgan fingerprint density at radius 3 is 2.67 bits per heavy atom. The molecule has 0 aliphatic carbocycles. The highest BCUT2D eigenvalue weighted by molar-refractivity contribution is 6.33. The minimum absolute atomic E-state index is 0.191. The quantitative estimate of drug-likeness (QED) is 0.524. The normalized spacial score (nSPS) is 12.1. The predicted molar refractivity (Wildman–Crippen MR) is 89.0 cm³/mol. The van der Waals surface area contributed by atoms with Crippen LogP contribution < -0.4 is 10.4 Å². The summed E-state index contributed by atoms with van der Waals surface area (Å²) in [7, 11) is 0. The standard InChI is InChI=1S/C18H12ClFO4/c1-10(9-21)23-12-3-5-14-15(8-18(22)24-17(14)7-12)13-4-2-11(20)6-16(13)19/h2-10H,1H3/t10-/m1/s1. The van der Waals surface area contributed by atoms with Gasteiger partial charge in [0.05, 0.1) is 5.02 Å². The third-order valence-electron chi connectivity index (χ3n) is 3.45. The molecule has 0 spiro atoms. The van der Waals surface area contributed by atoms with E-state index in [9.17, 15) is 14.0 Å². The molecule has 0 aliphatic heterocycles. The zero-order valence-electron chi connectivity index (χ0n) is 12.6. The van der Waals surface area contributed by atoms with Crippen LogP contribution in [0.5, 0.6) is 5.75 Å². The molecule has 0 saturated carbocycles. The molecule has 0 saturated heterocycles. The lowest BCUT2D eigenvalue weighted by atomic mass is 10.0. The topological polar surface area (TPSA) is 56.5 Å². The van der Waals surface area contributed by atoms with E-state index in [0.29, 0.717) is 28.5 Å². The van der Waals surface area contributed by atoms with Gasteiger partial charge in [-0.05, 0) is 37.3 Å². The van der Waals surface area contributed by atoms with Crippen molar-refractivity contribution in [3.8, 4) is 16.9 Å². The van der Waals surface area contributed by atoms with Gasteiger partial charge in [0, 0.05) is 28.6 Å². The van der Waals surface area contributed by atoms with Crippen molar-refractivity contribution < 1.29 is 18.3 Å². The van der Waals surface area contributed by atoms with Crippen LogP contribution in [0.3, 0.4) is 0 Å². The molecule has 0 aliphatic rings. The zero-order valence-corrected chi connectivity index (χ0v) is 13.3. The lowest BCUT2D eigenvalue weighted by Gasteiger charge is -2.11. The van der Waals surface area contributed by atoms with E-state index < -0.39 is 17.5 Å². The summed E-state index contributed by atoms with van der Waals surface area (Å²) in [4.78, 5) is 22.6. The van der Waals surface area contributed by atoms with Crippen LogP contribution in [0.1, 0.15) is 6.92 Å². The summed E-state index contributed by atoms with van der Waals surface area (Å²) in [5.74, 6) is -0.0674. The largest absolute Gasteiger partial charge is 0.483 e. The molecule has 0 unspecified atom stereocenters. The second kappa shape index (κ2) is 6.45. The maximum Gasteiger partial charge on any atom is 0.336 e. The first-order valence-corrected chi connectivity index (χ1v) is 7.51. The van der Waals surface area contributed by atoms with Crippen molar-refractivity contribution in [1.29, 1.82) is 0 Å². The molecule has 0 fully saturated rings. The Labute approximate surface area is 141 Å². The summed E-state index contributed by atoms with van der Waals surface area (Å²) >= 11 is 6.10. The van der Waals surface area contributed by atoms with Gasteiger partial charge in [-0.3, -0.25) is 4.79 Å². The van der Waals surface area contributed by atoms with Crippen molar-refractivity contribution in [1.82, 2.24) is 0 Å². The Bertz CT molecular complexity index is 980. The number of rotatable bonds is 4. The fraction of sp³-hybridized carbons (Fsp3) is 0.111. The molecule has 0 radical (unpaired) electrons. The molecule has 1 heterocycles. The van der Waals surface area contributed by atoms with Crippen LogP contribution in [0.25, 0.3) is 22.1 Å². The summed E-state index contributed by atoms with van der Waals surface area (Å²) in [6, 6.07) is 10.1. The van der Waals surface area contributed by atoms with Crippen LogP contribution in [0.15, 0.2) is 51.7 Å². The van der Waals surface area contributed by atoms with E-state index in [0.717, 1.165) is 0 Å². The van der Waals surface area contributed by atoms with Crippen LogP contribution in [-0.2, 0) is 4.79 Å². The predicted octanol–water partition coefficient (Wildman–Crippen LogP) is 4.22. The van der Waals surface area contributed by atoms with Gasteiger partial charge in [-0.25, -0.2) is 9.18 Å². The van der Waals surface area contributed by atoms with Gasteiger partial charge < -0.3 is 9.15 Å². The maximum absolute atomic E-state index is 13.3. The third-order valence-corrected chi connectivity index (χ3v) is 3.76. The van der Waals surface area contributed by atoms with Crippen molar-refractivity contribution in [2.75, 3.05) is 0 Å². The number of hydrogen-bond donors (Lipinski definition) is 0. The summed E-state index contributed by atoms with van der Waals surface area (Å²) in [5.41, 5.74) is 0.763. The van der Waals surface area contributed by atoms with Gasteiger partial charge in [0.25, 0.3) is 0 Å². The minimum Gasteiger partial charge on any atom is -0.483 e. The van der Waals surface area contributed by atoms with Crippen molar-refractivity contribution in [3.63, 3.8) is 0 Å². The number of carbonyl (C=O) groups excluding carboxylic acids is 1. The average Bonchev–Trinajstić information content (AvgIpc) is 2.53. The van der Waals surface area contributed by atoms with E-state index in [-0.39, 0.29) is 10.6 Å². The van der Waals surface area contributed by atoms with Gasteiger partial charge in [0.2, 0.25) is 0 Å². The van der Waals surface area contributed by atoms with Crippen LogP contribution in [0.2, 0.25) is 5.02 Å². The molecule has 1 aromatic heterocycles. The summed E-state index contributed by atoms with van der Waals surface area (Å²) < 4.78 is 23.8. The lowest BCUT2D eigenvalue weighted by Crippen LogP contribution is -2.12. The molecule has 6 heteroatoms. The first-order chi connectivity index (χ1) is 11.5. The summed E-state index contributed by atoms with van der Waals surface area (Å²) in [6.07, 6.45) is 0.0404. The van der Waals surface area contributed by atoms with Gasteiger partial charge in [0.1, 0.15) is 17.1 Å². The number of halogens is 2. The monoisotopic (exact) mass is 346 g/mol. The summed E-state index contributed by atoms with van der Waals surface area (Å²) in [6.45, 7) is 1.60. The first-order valence-electron chi connectivity index (χ1n) is 7.13. The number of hydrogen-bond acceptors (Lipinski definition) is 4. The molecule has 3 aromatic rings. The maximum atomic E-state index is 13.3. The minimum atomic E-state index is -0.621. The molecular weight excluding hydrogens is 335 g/mol. The average molecular weight is 347 g/mol. The Kier molecular flexibility index (Phi) is 4.36. The third kappa shape index (κ3) is 3.16. The van der Waals surface area contributed by atoms with E-state index in [4.69, 9.17) is 20.8 Å². The van der Waals surface area contributed by atoms with Crippen molar-refractivity contribution >= 4 is 28.9 Å². The van der Waals surface area contributed by atoms with Crippen molar-refractivity contribution in [2.45, 2.75) is 13.0 Å². The Hall–Kier alpha value is -2.66. The molecule has 1 atom stereocenters.